The molecule has 0 heterocycles. The molecule has 1 amide bonds. The van der Waals surface area contributed by atoms with Crippen LogP contribution in [-0.2, 0) is 20.9 Å². The number of ether oxygens (including phenoxy) is 2. The topological polar surface area (TPSA) is 55.8 Å². The first-order valence-electron chi connectivity index (χ1n) is 8.97. The number of amides is 1. The van der Waals surface area contributed by atoms with Crippen molar-refractivity contribution < 1.29 is 19.1 Å². The fraction of sp³-hybridized carbons (Fsp3) is 0.364. The largest absolute Gasteiger partial charge is 0.481 e. The van der Waals surface area contributed by atoms with Crippen LogP contribution in [0, 0.1) is 20.8 Å². The average molecular weight is 369 g/mol. The van der Waals surface area contributed by atoms with E-state index < -0.39 is 12.1 Å². The molecular weight excluding hydrogens is 342 g/mol. The molecule has 0 saturated carbocycles. The predicted octanol–water partition coefficient (Wildman–Crippen LogP) is 3.58. The van der Waals surface area contributed by atoms with Crippen LogP contribution in [0.5, 0.6) is 5.75 Å². The Kier molecular flexibility index (Phi) is 6.99. The lowest BCUT2D eigenvalue weighted by molar-refractivity contribution is -0.160. The molecule has 0 bridgehead atoms. The highest BCUT2D eigenvalue weighted by Gasteiger charge is 2.22. The molecule has 2 rings (SSSR count). The summed E-state index contributed by atoms with van der Waals surface area (Å²) in [7, 11) is 1.69. The van der Waals surface area contributed by atoms with Gasteiger partial charge in [0.1, 0.15) is 5.75 Å². The summed E-state index contributed by atoms with van der Waals surface area (Å²) in [4.78, 5) is 26.0. The second kappa shape index (κ2) is 9.21. The van der Waals surface area contributed by atoms with Crippen LogP contribution in [0.4, 0.5) is 0 Å². The van der Waals surface area contributed by atoms with Gasteiger partial charge in [-0.25, -0.2) is 4.79 Å². The van der Waals surface area contributed by atoms with Crippen molar-refractivity contribution in [2.45, 2.75) is 40.3 Å². The number of carbonyl (C=O) groups excluding carboxylic acids is 2. The zero-order valence-corrected chi connectivity index (χ0v) is 16.6. The van der Waals surface area contributed by atoms with E-state index in [1.165, 1.54) is 0 Å². The van der Waals surface area contributed by atoms with Gasteiger partial charge in [0, 0.05) is 13.6 Å². The summed E-state index contributed by atoms with van der Waals surface area (Å²) < 4.78 is 10.9. The minimum Gasteiger partial charge on any atom is -0.481 e. The van der Waals surface area contributed by atoms with Crippen LogP contribution in [0.25, 0.3) is 0 Å². The lowest BCUT2D eigenvalue weighted by Crippen LogP contribution is -2.37. The number of aryl methyl sites for hydroxylation is 3. The molecule has 5 nitrogen and oxygen atoms in total. The number of nitrogens with zero attached hydrogens (tertiary/aromatic N) is 1. The third-order valence-corrected chi connectivity index (χ3v) is 4.23. The third kappa shape index (κ3) is 5.84. The molecular formula is C22H27NO4. The zero-order valence-electron chi connectivity index (χ0n) is 16.6. The first-order valence-corrected chi connectivity index (χ1v) is 8.97. The highest BCUT2D eigenvalue weighted by atomic mass is 16.6. The monoisotopic (exact) mass is 369 g/mol. The van der Waals surface area contributed by atoms with Crippen molar-refractivity contribution in [1.29, 1.82) is 0 Å². The smallest absolute Gasteiger partial charge is 0.344 e. The lowest BCUT2D eigenvalue weighted by Gasteiger charge is -2.21. The standard InChI is InChI=1S/C22H27NO4/c1-15-11-16(2)21(17(3)12-15)26-14-20(24)27-18(4)22(25)23(5)13-19-9-7-6-8-10-19/h6-12,18H,13-14H2,1-5H3. The second-order valence-corrected chi connectivity index (χ2v) is 6.83. The molecule has 5 heteroatoms. The molecule has 0 aromatic heterocycles. The number of hydrogen-bond donors (Lipinski definition) is 0. The SMILES string of the molecule is Cc1cc(C)c(OCC(=O)OC(C)C(=O)N(C)Cc2ccccc2)c(C)c1. The van der Waals surface area contributed by atoms with Crippen molar-refractivity contribution in [3.8, 4) is 5.75 Å². The van der Waals surface area contributed by atoms with Crippen molar-refractivity contribution in [1.82, 2.24) is 4.90 Å². The number of hydrogen-bond acceptors (Lipinski definition) is 4. The summed E-state index contributed by atoms with van der Waals surface area (Å²) in [6.45, 7) is 7.68. The summed E-state index contributed by atoms with van der Waals surface area (Å²) in [5.41, 5.74) is 4.08. The first kappa shape index (κ1) is 20.5. The fourth-order valence-corrected chi connectivity index (χ4v) is 3.05. The highest BCUT2D eigenvalue weighted by molar-refractivity contribution is 5.83. The van der Waals surface area contributed by atoms with E-state index in [1.807, 2.05) is 63.2 Å². The minimum atomic E-state index is -0.866. The molecule has 2 aromatic rings. The molecule has 1 unspecified atom stereocenters. The Balaban J connectivity index is 1.87. The quantitative estimate of drug-likeness (QED) is 0.700. The average Bonchev–Trinajstić information content (AvgIpc) is 2.60. The molecule has 0 spiro atoms. The van der Waals surface area contributed by atoms with Gasteiger partial charge in [-0.1, -0.05) is 48.0 Å². The van der Waals surface area contributed by atoms with Crippen LogP contribution in [0.3, 0.4) is 0 Å². The Labute approximate surface area is 160 Å². The summed E-state index contributed by atoms with van der Waals surface area (Å²) >= 11 is 0. The molecule has 0 aliphatic heterocycles. The Morgan fingerprint density at radius 3 is 2.22 bits per heavy atom. The van der Waals surface area contributed by atoms with E-state index in [-0.39, 0.29) is 12.5 Å². The molecule has 1 atom stereocenters. The van der Waals surface area contributed by atoms with Gasteiger partial charge in [0.05, 0.1) is 0 Å². The molecule has 0 saturated heterocycles. The van der Waals surface area contributed by atoms with E-state index >= 15 is 0 Å². The van der Waals surface area contributed by atoms with Crippen LogP contribution >= 0.6 is 0 Å². The van der Waals surface area contributed by atoms with Crippen molar-refractivity contribution in [3.63, 3.8) is 0 Å². The van der Waals surface area contributed by atoms with Crippen LogP contribution in [0.1, 0.15) is 29.2 Å². The van der Waals surface area contributed by atoms with Gasteiger partial charge >= 0.3 is 5.97 Å². The van der Waals surface area contributed by atoms with Gasteiger partial charge in [-0.3, -0.25) is 4.79 Å². The number of carbonyl (C=O) groups is 2. The maximum atomic E-state index is 12.4. The van der Waals surface area contributed by atoms with E-state index in [1.54, 1.807) is 18.9 Å². The maximum absolute atomic E-state index is 12.4. The summed E-state index contributed by atoms with van der Waals surface area (Å²) in [6, 6.07) is 13.7. The van der Waals surface area contributed by atoms with Gasteiger partial charge in [0.25, 0.3) is 5.91 Å². The Morgan fingerprint density at radius 2 is 1.63 bits per heavy atom. The van der Waals surface area contributed by atoms with Crippen LogP contribution < -0.4 is 4.74 Å². The summed E-state index contributed by atoms with van der Waals surface area (Å²) in [6.07, 6.45) is -0.866. The van der Waals surface area contributed by atoms with Gasteiger partial charge in [-0.05, 0) is 44.4 Å². The Morgan fingerprint density at radius 1 is 1.04 bits per heavy atom. The van der Waals surface area contributed by atoms with Gasteiger partial charge in [-0.15, -0.1) is 0 Å². The second-order valence-electron chi connectivity index (χ2n) is 6.83. The minimum absolute atomic E-state index is 0.231. The Hall–Kier alpha value is -2.82. The first-order chi connectivity index (χ1) is 12.8. The predicted molar refractivity (Wildman–Crippen MR) is 105 cm³/mol. The summed E-state index contributed by atoms with van der Waals surface area (Å²) in [5.74, 6) is -0.143. The Bertz CT molecular complexity index is 778. The molecule has 0 aliphatic carbocycles. The van der Waals surface area contributed by atoms with Crippen molar-refractivity contribution in [2.75, 3.05) is 13.7 Å². The molecule has 27 heavy (non-hydrogen) atoms. The van der Waals surface area contributed by atoms with Crippen LogP contribution in [0.15, 0.2) is 42.5 Å². The van der Waals surface area contributed by atoms with Gasteiger partial charge in [0.2, 0.25) is 0 Å². The maximum Gasteiger partial charge on any atom is 0.344 e. The van der Waals surface area contributed by atoms with Gasteiger partial charge < -0.3 is 14.4 Å². The van der Waals surface area contributed by atoms with Crippen molar-refractivity contribution >= 4 is 11.9 Å². The zero-order chi connectivity index (χ0) is 20.0. The van der Waals surface area contributed by atoms with E-state index in [2.05, 4.69) is 0 Å². The molecule has 0 radical (unpaired) electrons. The number of benzene rings is 2. The van der Waals surface area contributed by atoms with Crippen molar-refractivity contribution in [3.05, 3.63) is 64.7 Å². The molecule has 0 aliphatic rings. The molecule has 0 fully saturated rings. The summed E-state index contributed by atoms with van der Waals surface area (Å²) in [5, 5.41) is 0. The highest BCUT2D eigenvalue weighted by Crippen LogP contribution is 2.24. The van der Waals surface area contributed by atoms with E-state index in [4.69, 9.17) is 9.47 Å². The van der Waals surface area contributed by atoms with E-state index in [0.717, 1.165) is 22.3 Å². The number of likely N-dealkylation sites (N-methyl/N-ethyl adjacent to an activating group) is 1. The number of esters is 1. The van der Waals surface area contributed by atoms with Crippen molar-refractivity contribution in [2.24, 2.45) is 0 Å². The van der Waals surface area contributed by atoms with Gasteiger partial charge in [-0.2, -0.15) is 0 Å². The molecule has 144 valence electrons. The van der Waals surface area contributed by atoms with Crippen LogP contribution in [-0.4, -0.2) is 36.5 Å². The molecule has 2 aromatic carbocycles. The van der Waals surface area contributed by atoms with Gasteiger partial charge in [0.15, 0.2) is 12.7 Å². The van der Waals surface area contributed by atoms with E-state index in [0.29, 0.717) is 12.3 Å². The molecule has 0 N–H and O–H groups in total. The van der Waals surface area contributed by atoms with Crippen LogP contribution in [0.2, 0.25) is 0 Å². The van der Waals surface area contributed by atoms with E-state index in [9.17, 15) is 9.59 Å². The lowest BCUT2D eigenvalue weighted by atomic mass is 10.1. The number of rotatable bonds is 7. The normalized spacial score (nSPS) is 11.6. The third-order valence-electron chi connectivity index (χ3n) is 4.23. The fourth-order valence-electron chi connectivity index (χ4n) is 3.05.